The highest BCUT2D eigenvalue weighted by molar-refractivity contribution is 7.89. The summed E-state index contributed by atoms with van der Waals surface area (Å²) >= 11 is 0. The summed E-state index contributed by atoms with van der Waals surface area (Å²) in [5.41, 5.74) is 0.373. The minimum Gasteiger partial charge on any atom is -0.295 e. The number of carbonyl (C=O) groups is 1. The van der Waals surface area contributed by atoms with Crippen LogP contribution in [0, 0.1) is 0 Å². The quantitative estimate of drug-likeness (QED) is 0.843. The first-order chi connectivity index (χ1) is 9.38. The Morgan fingerprint density at radius 3 is 2.55 bits per heavy atom. The second kappa shape index (κ2) is 6.15. The van der Waals surface area contributed by atoms with Gasteiger partial charge in [-0.05, 0) is 31.9 Å². The molecule has 1 aromatic rings. The minimum atomic E-state index is -3.63. The Bertz CT molecular complexity index is 630. The van der Waals surface area contributed by atoms with E-state index >= 15 is 0 Å². The number of nitrogens with one attached hydrogen (secondary N) is 1. The van der Waals surface area contributed by atoms with Gasteiger partial charge in [0.05, 0.1) is 4.90 Å². The first kappa shape index (κ1) is 15.3. The van der Waals surface area contributed by atoms with E-state index in [-0.39, 0.29) is 16.7 Å². The van der Waals surface area contributed by atoms with Gasteiger partial charge in [0.25, 0.3) is 0 Å². The third kappa shape index (κ3) is 3.74. The first-order valence-electron chi connectivity index (χ1n) is 6.37. The Hall–Kier alpha value is -1.05. The zero-order chi connectivity index (χ0) is 14.8. The van der Waals surface area contributed by atoms with Crippen LogP contribution in [0.25, 0.3) is 0 Å². The lowest BCUT2D eigenvalue weighted by molar-refractivity contribution is 0.101. The number of hydrogen-bond acceptors (Lipinski definition) is 4. The Morgan fingerprint density at radius 1 is 1.30 bits per heavy atom. The maximum absolute atomic E-state index is 12.3. The Balaban J connectivity index is 2.16. The molecule has 0 aromatic heterocycles. The van der Waals surface area contributed by atoms with Gasteiger partial charge in [0, 0.05) is 33.9 Å². The molecule has 1 aromatic carbocycles. The number of sulfonamides is 1. The van der Waals surface area contributed by atoms with Gasteiger partial charge < -0.3 is 0 Å². The van der Waals surface area contributed by atoms with Crippen LogP contribution in [0.4, 0.5) is 0 Å². The van der Waals surface area contributed by atoms with E-state index in [0.29, 0.717) is 29.9 Å². The minimum absolute atomic E-state index is 0.0943. The smallest absolute Gasteiger partial charge is 0.240 e. The molecule has 0 unspecified atom stereocenters. The van der Waals surface area contributed by atoms with E-state index in [0.717, 1.165) is 0 Å². The highest BCUT2D eigenvalue weighted by Crippen LogP contribution is 2.16. The summed E-state index contributed by atoms with van der Waals surface area (Å²) in [6.07, 6.45) is 1.16. The summed E-state index contributed by atoms with van der Waals surface area (Å²) in [7, 11) is -4.46. The van der Waals surface area contributed by atoms with E-state index in [2.05, 4.69) is 4.72 Å². The monoisotopic (exact) mass is 315 g/mol. The Labute approximate surface area is 121 Å². The second-order valence-electron chi connectivity index (χ2n) is 4.83. The van der Waals surface area contributed by atoms with Crippen LogP contribution in [0.3, 0.4) is 0 Å². The summed E-state index contributed by atoms with van der Waals surface area (Å²) in [5, 5.41) is 0. The van der Waals surface area contributed by atoms with Gasteiger partial charge in [-0.1, -0.05) is 12.1 Å². The molecule has 0 spiro atoms. The predicted molar refractivity (Wildman–Crippen MR) is 77.7 cm³/mol. The zero-order valence-electron chi connectivity index (χ0n) is 11.2. The van der Waals surface area contributed by atoms with Crippen molar-refractivity contribution in [3.05, 3.63) is 29.8 Å². The van der Waals surface area contributed by atoms with Crippen molar-refractivity contribution in [1.82, 2.24) is 4.72 Å². The lowest BCUT2D eigenvalue weighted by Gasteiger charge is -2.22. The molecule has 0 radical (unpaired) electrons. The van der Waals surface area contributed by atoms with Gasteiger partial charge in [0.1, 0.15) is 0 Å². The molecule has 110 valence electrons. The Kier molecular flexibility index (Phi) is 4.72. The van der Waals surface area contributed by atoms with Crippen LogP contribution in [0.5, 0.6) is 0 Å². The molecule has 1 saturated heterocycles. The zero-order valence-corrected chi connectivity index (χ0v) is 12.8. The fraction of sp³-hybridized carbons (Fsp3) is 0.462. The van der Waals surface area contributed by atoms with Crippen LogP contribution in [0.15, 0.2) is 29.2 Å². The van der Waals surface area contributed by atoms with Crippen LogP contribution in [0.2, 0.25) is 0 Å². The van der Waals surface area contributed by atoms with Gasteiger partial charge in [-0.15, -0.1) is 0 Å². The van der Waals surface area contributed by atoms with Gasteiger partial charge in [-0.2, -0.15) is 0 Å². The molecule has 1 N–H and O–H groups in total. The largest absolute Gasteiger partial charge is 0.295 e. The molecule has 1 heterocycles. The van der Waals surface area contributed by atoms with Crippen LogP contribution in [-0.2, 0) is 20.8 Å². The summed E-state index contributed by atoms with van der Waals surface area (Å²) in [4.78, 5) is 11.4. The van der Waals surface area contributed by atoms with E-state index in [4.69, 9.17) is 0 Å². The van der Waals surface area contributed by atoms with Gasteiger partial charge in [-0.3, -0.25) is 9.00 Å². The predicted octanol–water partition coefficient (Wildman–Crippen LogP) is 1.08. The highest BCUT2D eigenvalue weighted by atomic mass is 32.2. The van der Waals surface area contributed by atoms with Crippen LogP contribution in [-0.4, -0.2) is 36.0 Å². The van der Waals surface area contributed by atoms with E-state index in [1.54, 1.807) is 12.1 Å². The fourth-order valence-corrected chi connectivity index (χ4v) is 4.73. The SMILES string of the molecule is CC(=O)c1cccc(S(=O)(=O)NC2CCS(=O)CC2)c1. The van der Waals surface area contributed by atoms with Crippen molar-refractivity contribution in [1.29, 1.82) is 0 Å². The highest BCUT2D eigenvalue weighted by Gasteiger charge is 2.24. The van der Waals surface area contributed by atoms with Crippen molar-refractivity contribution < 1.29 is 17.4 Å². The number of ketones is 1. The van der Waals surface area contributed by atoms with Crippen molar-refractivity contribution in [2.24, 2.45) is 0 Å². The van der Waals surface area contributed by atoms with Crippen LogP contribution < -0.4 is 4.72 Å². The summed E-state index contributed by atoms with van der Waals surface area (Å²) in [6, 6.07) is 5.81. The van der Waals surface area contributed by atoms with Gasteiger partial charge in [-0.25, -0.2) is 13.1 Å². The van der Waals surface area contributed by atoms with E-state index < -0.39 is 20.8 Å². The molecule has 5 nitrogen and oxygen atoms in total. The molecule has 0 amide bonds. The number of rotatable bonds is 4. The van der Waals surface area contributed by atoms with E-state index in [1.807, 2.05) is 0 Å². The summed E-state index contributed by atoms with van der Waals surface area (Å²) in [6.45, 7) is 1.40. The molecular weight excluding hydrogens is 298 g/mol. The van der Waals surface area contributed by atoms with E-state index in [1.165, 1.54) is 19.1 Å². The number of Topliss-reactive ketones (excluding diaryl/α,β-unsaturated/α-hetero) is 1. The molecule has 1 aliphatic heterocycles. The molecule has 0 aliphatic carbocycles. The van der Waals surface area contributed by atoms with E-state index in [9.17, 15) is 17.4 Å². The molecule has 0 bridgehead atoms. The molecule has 2 rings (SSSR count). The lowest BCUT2D eigenvalue weighted by atomic mass is 10.2. The van der Waals surface area contributed by atoms with Gasteiger partial charge in [0.2, 0.25) is 10.0 Å². The van der Waals surface area contributed by atoms with Crippen molar-refractivity contribution in [2.75, 3.05) is 11.5 Å². The van der Waals surface area contributed by atoms with Crippen molar-refractivity contribution in [2.45, 2.75) is 30.7 Å². The van der Waals surface area contributed by atoms with Gasteiger partial charge >= 0.3 is 0 Å². The van der Waals surface area contributed by atoms with Crippen molar-refractivity contribution in [3.63, 3.8) is 0 Å². The lowest BCUT2D eigenvalue weighted by Crippen LogP contribution is -2.39. The molecule has 0 atom stereocenters. The van der Waals surface area contributed by atoms with Crippen molar-refractivity contribution >= 4 is 26.6 Å². The third-order valence-corrected chi connectivity index (χ3v) is 6.16. The molecule has 1 fully saturated rings. The normalized spacial score (nSPS) is 23.4. The standard InChI is InChI=1S/C13H17NO4S2/c1-10(15)11-3-2-4-13(9-11)20(17,18)14-12-5-7-19(16)8-6-12/h2-4,9,12,14H,5-8H2,1H3. The van der Waals surface area contributed by atoms with Crippen LogP contribution >= 0.6 is 0 Å². The molecular formula is C13H17NO4S2. The summed E-state index contributed by atoms with van der Waals surface area (Å²) < 4.78 is 38.4. The second-order valence-corrected chi connectivity index (χ2v) is 8.24. The maximum atomic E-state index is 12.3. The number of carbonyl (C=O) groups excluding carboxylic acids is 1. The molecule has 20 heavy (non-hydrogen) atoms. The maximum Gasteiger partial charge on any atom is 0.240 e. The molecule has 1 aliphatic rings. The van der Waals surface area contributed by atoms with Gasteiger partial charge in [0.15, 0.2) is 5.78 Å². The number of hydrogen-bond donors (Lipinski definition) is 1. The average molecular weight is 315 g/mol. The molecule has 0 saturated carbocycles. The number of benzene rings is 1. The topological polar surface area (TPSA) is 80.3 Å². The Morgan fingerprint density at radius 2 is 1.95 bits per heavy atom. The third-order valence-electron chi connectivity index (χ3n) is 3.26. The average Bonchev–Trinajstić information content (AvgIpc) is 2.41. The molecule has 7 heteroatoms. The van der Waals surface area contributed by atoms with Crippen molar-refractivity contribution in [3.8, 4) is 0 Å². The fourth-order valence-electron chi connectivity index (χ4n) is 2.08. The first-order valence-corrected chi connectivity index (χ1v) is 9.34. The van der Waals surface area contributed by atoms with Crippen LogP contribution in [0.1, 0.15) is 30.1 Å². The summed E-state index contributed by atoms with van der Waals surface area (Å²) in [5.74, 6) is 0.886.